The van der Waals surface area contributed by atoms with Crippen LogP contribution in [0.1, 0.15) is 26.3 Å². The molecule has 3 nitrogen and oxygen atoms in total. The Balaban J connectivity index is 2.34. The highest BCUT2D eigenvalue weighted by atomic mass is 16.5. The molecule has 0 saturated heterocycles. The molecule has 17 heavy (non-hydrogen) atoms. The molecule has 0 spiro atoms. The molecule has 0 fully saturated rings. The van der Waals surface area contributed by atoms with Crippen molar-refractivity contribution in [1.29, 1.82) is 0 Å². The lowest BCUT2D eigenvalue weighted by Crippen LogP contribution is -2.23. The minimum atomic E-state index is -0.0699. The number of rotatable bonds is 6. The summed E-state index contributed by atoms with van der Waals surface area (Å²) in [4.78, 5) is 0. The third-order valence-corrected chi connectivity index (χ3v) is 2.20. The van der Waals surface area contributed by atoms with Gasteiger partial charge in [0.25, 0.3) is 0 Å². The van der Waals surface area contributed by atoms with Gasteiger partial charge < -0.3 is 14.8 Å². The molecule has 0 saturated carbocycles. The Kier molecular flexibility index (Phi) is 5.45. The maximum absolute atomic E-state index is 5.64. The van der Waals surface area contributed by atoms with Crippen molar-refractivity contribution in [2.75, 3.05) is 25.6 Å². The normalized spacial score (nSPS) is 11.5. The molecule has 0 aliphatic heterocycles. The Labute approximate surface area is 104 Å². The van der Waals surface area contributed by atoms with Gasteiger partial charge in [-0.1, -0.05) is 12.1 Å². The largest absolute Gasteiger partial charge is 0.383 e. The smallest absolute Gasteiger partial charge is 0.0713 e. The van der Waals surface area contributed by atoms with E-state index in [-0.39, 0.29) is 5.60 Å². The second-order valence-corrected chi connectivity index (χ2v) is 5.02. The van der Waals surface area contributed by atoms with Crippen LogP contribution in [0.5, 0.6) is 0 Å². The van der Waals surface area contributed by atoms with Crippen molar-refractivity contribution >= 4 is 5.69 Å². The van der Waals surface area contributed by atoms with E-state index in [1.54, 1.807) is 7.11 Å². The first kappa shape index (κ1) is 14.0. The van der Waals surface area contributed by atoms with Crippen LogP contribution in [0.4, 0.5) is 5.69 Å². The third kappa shape index (κ3) is 6.29. The van der Waals surface area contributed by atoms with Crippen LogP contribution in [0.2, 0.25) is 0 Å². The molecule has 1 N–H and O–H groups in total. The molecule has 0 atom stereocenters. The number of ether oxygens (including phenoxy) is 2. The van der Waals surface area contributed by atoms with Gasteiger partial charge in [0.05, 0.1) is 18.8 Å². The van der Waals surface area contributed by atoms with Crippen LogP contribution < -0.4 is 5.32 Å². The van der Waals surface area contributed by atoms with Crippen molar-refractivity contribution in [2.45, 2.75) is 33.0 Å². The Morgan fingerprint density at radius 1 is 1.24 bits per heavy atom. The fraction of sp³-hybridized carbons (Fsp3) is 0.571. The van der Waals surface area contributed by atoms with Crippen LogP contribution in [0.25, 0.3) is 0 Å². The maximum atomic E-state index is 5.64. The number of hydrogen-bond acceptors (Lipinski definition) is 3. The van der Waals surface area contributed by atoms with Gasteiger partial charge in [0, 0.05) is 19.3 Å². The molecule has 1 aromatic carbocycles. The first-order valence-electron chi connectivity index (χ1n) is 5.97. The topological polar surface area (TPSA) is 30.5 Å². The van der Waals surface area contributed by atoms with Crippen molar-refractivity contribution in [3.8, 4) is 0 Å². The average molecular weight is 237 g/mol. The van der Waals surface area contributed by atoms with E-state index in [0.29, 0.717) is 13.2 Å². The highest BCUT2D eigenvalue weighted by molar-refractivity contribution is 5.45. The zero-order valence-electron chi connectivity index (χ0n) is 11.2. The molecule has 0 bridgehead atoms. The number of anilines is 1. The van der Waals surface area contributed by atoms with Crippen LogP contribution >= 0.6 is 0 Å². The summed E-state index contributed by atoms with van der Waals surface area (Å²) in [6, 6.07) is 8.23. The molecule has 0 aromatic heterocycles. The number of methoxy groups -OCH3 is 1. The van der Waals surface area contributed by atoms with Gasteiger partial charge in [0.2, 0.25) is 0 Å². The van der Waals surface area contributed by atoms with E-state index >= 15 is 0 Å². The number of nitrogens with one attached hydrogen (secondary N) is 1. The summed E-state index contributed by atoms with van der Waals surface area (Å²) in [5.41, 5.74) is 2.21. The van der Waals surface area contributed by atoms with Crippen molar-refractivity contribution in [2.24, 2.45) is 0 Å². The summed E-state index contributed by atoms with van der Waals surface area (Å²) < 4.78 is 10.7. The minimum absolute atomic E-state index is 0.0699. The van der Waals surface area contributed by atoms with E-state index in [2.05, 4.69) is 44.3 Å². The molecule has 0 aliphatic rings. The monoisotopic (exact) mass is 237 g/mol. The van der Waals surface area contributed by atoms with Crippen molar-refractivity contribution in [3.63, 3.8) is 0 Å². The molecule has 96 valence electrons. The molecule has 3 heteroatoms. The van der Waals surface area contributed by atoms with Crippen molar-refractivity contribution in [3.05, 3.63) is 29.8 Å². The van der Waals surface area contributed by atoms with Gasteiger partial charge in [-0.25, -0.2) is 0 Å². The Bertz CT molecular complexity index is 331. The fourth-order valence-corrected chi connectivity index (χ4v) is 1.49. The molecular formula is C14H23NO2. The predicted octanol–water partition coefficient (Wildman–Crippen LogP) is 3.06. The predicted molar refractivity (Wildman–Crippen MR) is 71.3 cm³/mol. The highest BCUT2D eigenvalue weighted by Gasteiger charge is 2.08. The molecule has 1 rings (SSSR count). The van der Waals surface area contributed by atoms with Crippen LogP contribution in [0, 0.1) is 0 Å². The van der Waals surface area contributed by atoms with E-state index in [1.807, 2.05) is 6.07 Å². The summed E-state index contributed by atoms with van der Waals surface area (Å²) >= 11 is 0. The average Bonchev–Trinajstić information content (AvgIpc) is 2.24. The zero-order chi connectivity index (χ0) is 12.7. The molecule has 0 heterocycles. The highest BCUT2D eigenvalue weighted by Crippen LogP contribution is 2.11. The standard InChI is InChI=1S/C14H23NO2/c1-14(2,3)17-9-8-15-13-7-5-6-12(10-13)11-16-4/h5-7,10,15H,8-9,11H2,1-4H3. The summed E-state index contributed by atoms with van der Waals surface area (Å²) in [5.74, 6) is 0. The van der Waals surface area contributed by atoms with Gasteiger partial charge in [0.1, 0.15) is 0 Å². The van der Waals surface area contributed by atoms with Crippen LogP contribution in [-0.2, 0) is 16.1 Å². The first-order valence-corrected chi connectivity index (χ1v) is 5.97. The maximum Gasteiger partial charge on any atom is 0.0713 e. The van der Waals surface area contributed by atoms with Crippen molar-refractivity contribution in [1.82, 2.24) is 0 Å². The number of benzene rings is 1. The molecular weight excluding hydrogens is 214 g/mol. The van der Waals surface area contributed by atoms with E-state index in [9.17, 15) is 0 Å². The van der Waals surface area contributed by atoms with Gasteiger partial charge in [-0.05, 0) is 38.5 Å². The Hall–Kier alpha value is -1.06. The second kappa shape index (κ2) is 6.62. The van der Waals surface area contributed by atoms with Crippen molar-refractivity contribution < 1.29 is 9.47 Å². The lowest BCUT2D eigenvalue weighted by Gasteiger charge is -2.19. The molecule has 0 amide bonds. The summed E-state index contributed by atoms with van der Waals surface area (Å²) in [6.07, 6.45) is 0. The first-order chi connectivity index (χ1) is 8.01. The van der Waals surface area contributed by atoms with E-state index in [1.165, 1.54) is 5.56 Å². The lowest BCUT2D eigenvalue weighted by molar-refractivity contribution is 0.00333. The fourth-order valence-electron chi connectivity index (χ4n) is 1.49. The van der Waals surface area contributed by atoms with E-state index in [4.69, 9.17) is 9.47 Å². The third-order valence-electron chi connectivity index (χ3n) is 2.20. The quantitative estimate of drug-likeness (QED) is 0.771. The van der Waals surface area contributed by atoms with Gasteiger partial charge in [-0.2, -0.15) is 0 Å². The lowest BCUT2D eigenvalue weighted by atomic mass is 10.2. The number of hydrogen-bond donors (Lipinski definition) is 1. The van der Waals surface area contributed by atoms with E-state index in [0.717, 1.165) is 12.2 Å². The van der Waals surface area contributed by atoms with E-state index < -0.39 is 0 Å². The van der Waals surface area contributed by atoms with Crippen LogP contribution in [0.15, 0.2) is 24.3 Å². The second-order valence-electron chi connectivity index (χ2n) is 5.02. The summed E-state index contributed by atoms with van der Waals surface area (Å²) in [6.45, 7) is 8.35. The van der Waals surface area contributed by atoms with Crippen LogP contribution in [0.3, 0.4) is 0 Å². The van der Waals surface area contributed by atoms with Crippen LogP contribution in [-0.4, -0.2) is 25.9 Å². The molecule has 0 aliphatic carbocycles. The van der Waals surface area contributed by atoms with Gasteiger partial charge >= 0.3 is 0 Å². The van der Waals surface area contributed by atoms with Gasteiger partial charge in [0.15, 0.2) is 0 Å². The SMILES string of the molecule is COCc1cccc(NCCOC(C)(C)C)c1. The summed E-state index contributed by atoms with van der Waals surface area (Å²) in [7, 11) is 1.71. The van der Waals surface area contributed by atoms with Gasteiger partial charge in [-0.3, -0.25) is 0 Å². The van der Waals surface area contributed by atoms with Gasteiger partial charge in [-0.15, -0.1) is 0 Å². The zero-order valence-corrected chi connectivity index (χ0v) is 11.2. The molecule has 0 unspecified atom stereocenters. The summed E-state index contributed by atoms with van der Waals surface area (Å²) in [5, 5.41) is 3.34. The minimum Gasteiger partial charge on any atom is -0.383 e. The Morgan fingerprint density at radius 3 is 2.65 bits per heavy atom. The molecule has 1 aromatic rings. The molecule has 0 radical (unpaired) electrons. The Morgan fingerprint density at radius 2 is 2.00 bits per heavy atom.